The molecule has 2 heteroatoms. The van der Waals surface area contributed by atoms with E-state index in [2.05, 4.69) is 20.8 Å². The Morgan fingerprint density at radius 2 is 2.07 bits per heavy atom. The molecule has 0 aromatic carbocycles. The molecule has 3 rings (SSSR count). The van der Waals surface area contributed by atoms with Crippen molar-refractivity contribution in [2.75, 3.05) is 6.61 Å². The van der Waals surface area contributed by atoms with Gasteiger partial charge in [-0.3, -0.25) is 4.79 Å². The van der Waals surface area contributed by atoms with Gasteiger partial charge in [0.1, 0.15) is 5.78 Å². The van der Waals surface area contributed by atoms with Gasteiger partial charge in [0, 0.05) is 17.4 Å². The summed E-state index contributed by atoms with van der Waals surface area (Å²) in [6.07, 6.45) is 4.16. The monoisotopic (exact) mass is 210 g/mol. The van der Waals surface area contributed by atoms with Crippen LogP contribution in [-0.4, -0.2) is 17.5 Å². The maximum absolute atomic E-state index is 12.4. The van der Waals surface area contributed by atoms with Gasteiger partial charge < -0.3 is 5.11 Å². The molecule has 3 saturated carbocycles. The van der Waals surface area contributed by atoms with E-state index in [9.17, 15) is 4.79 Å². The molecule has 0 saturated heterocycles. The van der Waals surface area contributed by atoms with Gasteiger partial charge in [0.2, 0.25) is 0 Å². The molecule has 3 aliphatic rings. The van der Waals surface area contributed by atoms with Gasteiger partial charge in [-0.25, -0.2) is 0 Å². The van der Waals surface area contributed by atoms with E-state index < -0.39 is 0 Å². The summed E-state index contributed by atoms with van der Waals surface area (Å²) < 4.78 is 0. The van der Waals surface area contributed by atoms with E-state index in [0.29, 0.717) is 17.6 Å². The van der Waals surface area contributed by atoms with Gasteiger partial charge >= 0.3 is 0 Å². The smallest absolute Gasteiger partial charge is 0.144 e. The first kappa shape index (κ1) is 11.1. The summed E-state index contributed by atoms with van der Waals surface area (Å²) in [5, 5.41) is 9.07. The van der Waals surface area contributed by atoms with Crippen molar-refractivity contribution < 1.29 is 9.90 Å². The van der Waals surface area contributed by atoms with Gasteiger partial charge in [0.05, 0.1) is 0 Å². The maximum atomic E-state index is 12.4. The Balaban J connectivity index is 2.30. The fourth-order valence-corrected chi connectivity index (χ4v) is 3.87. The van der Waals surface area contributed by atoms with Crippen molar-refractivity contribution in [3.8, 4) is 0 Å². The predicted molar refractivity (Wildman–Crippen MR) is 59.4 cm³/mol. The molecule has 1 N–H and O–H groups in total. The molecule has 86 valence electrons. The van der Waals surface area contributed by atoms with Crippen LogP contribution in [0.4, 0.5) is 0 Å². The van der Waals surface area contributed by atoms with E-state index in [1.54, 1.807) is 0 Å². The Kier molecular flexibility index (Phi) is 2.45. The van der Waals surface area contributed by atoms with Crippen LogP contribution in [0.3, 0.4) is 0 Å². The SMILES string of the molecule is CC1(C)C(=O)C2(C)CCC1CC2CCO. The number of aliphatic hydroxyl groups excluding tert-OH is 1. The van der Waals surface area contributed by atoms with Crippen LogP contribution in [0.15, 0.2) is 0 Å². The minimum absolute atomic E-state index is 0.126. The van der Waals surface area contributed by atoms with Crippen LogP contribution in [0.2, 0.25) is 0 Å². The van der Waals surface area contributed by atoms with Crippen LogP contribution < -0.4 is 0 Å². The number of ketones is 1. The first-order chi connectivity index (χ1) is 6.93. The van der Waals surface area contributed by atoms with Crippen molar-refractivity contribution in [3.05, 3.63) is 0 Å². The van der Waals surface area contributed by atoms with Gasteiger partial charge in [0.15, 0.2) is 0 Å². The summed E-state index contributed by atoms with van der Waals surface area (Å²) in [5.74, 6) is 1.40. The third kappa shape index (κ3) is 1.37. The highest BCUT2D eigenvalue weighted by Crippen LogP contribution is 2.59. The minimum Gasteiger partial charge on any atom is -0.396 e. The number of carbonyl (C=O) groups excluding carboxylic acids is 1. The Morgan fingerprint density at radius 3 is 2.67 bits per heavy atom. The molecular weight excluding hydrogens is 188 g/mol. The molecule has 3 unspecified atom stereocenters. The molecule has 0 amide bonds. The zero-order chi connectivity index (χ0) is 11.3. The molecule has 3 atom stereocenters. The molecule has 15 heavy (non-hydrogen) atoms. The summed E-state index contributed by atoms with van der Waals surface area (Å²) in [5.41, 5.74) is -0.278. The fourth-order valence-electron chi connectivity index (χ4n) is 3.87. The highest BCUT2D eigenvalue weighted by Gasteiger charge is 2.58. The normalized spacial score (nSPS) is 43.3. The second kappa shape index (κ2) is 3.31. The van der Waals surface area contributed by atoms with Gasteiger partial charge in [-0.05, 0) is 37.5 Å². The molecule has 2 nitrogen and oxygen atoms in total. The van der Waals surface area contributed by atoms with Crippen LogP contribution in [0.25, 0.3) is 0 Å². The lowest BCUT2D eigenvalue weighted by Gasteiger charge is -2.56. The van der Waals surface area contributed by atoms with E-state index >= 15 is 0 Å². The molecule has 2 bridgehead atoms. The lowest BCUT2D eigenvalue weighted by atomic mass is 9.46. The number of Topliss-reactive ketones (excluding diaryl/α,β-unsaturated/α-hetero) is 1. The molecule has 0 aliphatic heterocycles. The Labute approximate surface area is 92.1 Å². The van der Waals surface area contributed by atoms with Crippen molar-refractivity contribution in [2.45, 2.75) is 46.5 Å². The molecule has 0 aromatic heterocycles. The van der Waals surface area contributed by atoms with E-state index in [0.717, 1.165) is 19.3 Å². The third-order valence-electron chi connectivity index (χ3n) is 5.08. The van der Waals surface area contributed by atoms with Gasteiger partial charge in [-0.15, -0.1) is 0 Å². The molecule has 0 radical (unpaired) electrons. The largest absolute Gasteiger partial charge is 0.396 e. The summed E-state index contributed by atoms with van der Waals surface area (Å²) in [6, 6.07) is 0. The number of hydrogen-bond acceptors (Lipinski definition) is 2. The standard InChI is InChI=1S/C13H22O2/c1-12(2)9-4-6-13(3,11(12)15)10(8-9)5-7-14/h9-10,14H,4-8H2,1-3H3. The van der Waals surface area contributed by atoms with Crippen LogP contribution in [0.1, 0.15) is 46.5 Å². The highest BCUT2D eigenvalue weighted by molar-refractivity contribution is 5.91. The van der Waals surface area contributed by atoms with Crippen LogP contribution >= 0.6 is 0 Å². The second-order valence-corrected chi connectivity index (χ2v) is 6.15. The summed E-state index contributed by atoms with van der Waals surface area (Å²) in [4.78, 5) is 12.4. The molecule has 0 heterocycles. The van der Waals surface area contributed by atoms with Crippen molar-refractivity contribution in [1.29, 1.82) is 0 Å². The van der Waals surface area contributed by atoms with Gasteiger partial charge in [-0.1, -0.05) is 20.8 Å². The van der Waals surface area contributed by atoms with Crippen molar-refractivity contribution in [1.82, 2.24) is 0 Å². The first-order valence-corrected chi connectivity index (χ1v) is 6.08. The molecular formula is C13H22O2. The van der Waals surface area contributed by atoms with Gasteiger partial charge in [0.25, 0.3) is 0 Å². The highest BCUT2D eigenvalue weighted by atomic mass is 16.3. The number of fused-ring (bicyclic) bond motifs is 3. The third-order valence-corrected chi connectivity index (χ3v) is 5.08. The Morgan fingerprint density at radius 1 is 1.40 bits per heavy atom. The number of carbonyl (C=O) groups is 1. The first-order valence-electron chi connectivity index (χ1n) is 6.08. The average molecular weight is 210 g/mol. The zero-order valence-electron chi connectivity index (χ0n) is 10.0. The summed E-state index contributed by atoms with van der Waals surface area (Å²) >= 11 is 0. The molecule has 3 fully saturated rings. The summed E-state index contributed by atoms with van der Waals surface area (Å²) in [6.45, 7) is 6.55. The average Bonchev–Trinajstić information content (AvgIpc) is 2.18. The van der Waals surface area contributed by atoms with E-state index in [1.807, 2.05) is 0 Å². The lowest BCUT2D eigenvalue weighted by molar-refractivity contribution is -0.161. The second-order valence-electron chi connectivity index (χ2n) is 6.15. The van der Waals surface area contributed by atoms with Crippen molar-refractivity contribution >= 4 is 5.78 Å². The van der Waals surface area contributed by atoms with Crippen LogP contribution in [0, 0.1) is 22.7 Å². The predicted octanol–water partition coefficient (Wildman–Crippen LogP) is 2.40. The number of aliphatic hydroxyl groups is 1. The summed E-state index contributed by atoms with van der Waals surface area (Å²) in [7, 11) is 0. The topological polar surface area (TPSA) is 37.3 Å². The number of rotatable bonds is 2. The van der Waals surface area contributed by atoms with E-state index in [4.69, 9.17) is 5.11 Å². The Bertz CT molecular complexity index is 282. The Hall–Kier alpha value is -0.370. The van der Waals surface area contributed by atoms with E-state index in [-0.39, 0.29) is 17.4 Å². The molecule has 3 aliphatic carbocycles. The maximum Gasteiger partial charge on any atom is 0.144 e. The number of hydrogen-bond donors (Lipinski definition) is 1. The minimum atomic E-state index is -0.152. The van der Waals surface area contributed by atoms with Crippen LogP contribution in [-0.2, 0) is 4.79 Å². The van der Waals surface area contributed by atoms with E-state index in [1.165, 1.54) is 6.42 Å². The van der Waals surface area contributed by atoms with Gasteiger partial charge in [-0.2, -0.15) is 0 Å². The quantitative estimate of drug-likeness (QED) is 0.760. The zero-order valence-corrected chi connectivity index (χ0v) is 10.0. The molecule has 0 aromatic rings. The lowest BCUT2D eigenvalue weighted by Crippen LogP contribution is -2.57. The van der Waals surface area contributed by atoms with Crippen molar-refractivity contribution in [3.63, 3.8) is 0 Å². The van der Waals surface area contributed by atoms with Crippen LogP contribution in [0.5, 0.6) is 0 Å². The fraction of sp³-hybridized carbons (Fsp3) is 0.923. The molecule has 0 spiro atoms. The van der Waals surface area contributed by atoms with Crippen molar-refractivity contribution in [2.24, 2.45) is 22.7 Å².